The first-order valence-electron chi connectivity index (χ1n) is 7.75. The maximum atomic E-state index is 6.31. The van der Waals surface area contributed by atoms with Crippen molar-refractivity contribution >= 4 is 21.7 Å². The SMILES string of the molecule is Cn1nc(C2CCCCCC2)c(-c2ccc(Br)cc2)c1N. The van der Waals surface area contributed by atoms with Crippen LogP contribution in [0.5, 0.6) is 0 Å². The number of benzene rings is 1. The Kier molecular flexibility index (Phi) is 4.34. The lowest BCUT2D eigenvalue weighted by Gasteiger charge is -2.14. The number of hydrogen-bond donors (Lipinski definition) is 1. The van der Waals surface area contributed by atoms with Crippen molar-refractivity contribution in [3.63, 3.8) is 0 Å². The highest BCUT2D eigenvalue weighted by Gasteiger charge is 2.24. The van der Waals surface area contributed by atoms with E-state index < -0.39 is 0 Å². The van der Waals surface area contributed by atoms with Crippen LogP contribution < -0.4 is 5.73 Å². The number of rotatable bonds is 2. The van der Waals surface area contributed by atoms with E-state index in [0.29, 0.717) is 5.92 Å². The second kappa shape index (κ2) is 6.22. The van der Waals surface area contributed by atoms with Gasteiger partial charge in [0.2, 0.25) is 0 Å². The predicted octanol–water partition coefficient (Wildman–Crippen LogP) is 4.87. The van der Waals surface area contributed by atoms with E-state index in [2.05, 4.69) is 40.2 Å². The van der Waals surface area contributed by atoms with E-state index in [1.54, 1.807) is 0 Å². The number of nitrogens with zero attached hydrogens (tertiary/aromatic N) is 2. The van der Waals surface area contributed by atoms with Crippen LogP contribution >= 0.6 is 15.9 Å². The molecule has 0 saturated heterocycles. The molecular weight excluding hydrogens is 326 g/mol. The summed E-state index contributed by atoms with van der Waals surface area (Å²) in [5, 5.41) is 4.75. The van der Waals surface area contributed by atoms with E-state index in [-0.39, 0.29) is 0 Å². The summed E-state index contributed by atoms with van der Waals surface area (Å²) in [5.74, 6) is 1.33. The minimum atomic E-state index is 0.551. The van der Waals surface area contributed by atoms with E-state index >= 15 is 0 Å². The van der Waals surface area contributed by atoms with Crippen LogP contribution in [0.25, 0.3) is 11.1 Å². The van der Waals surface area contributed by atoms with Crippen LogP contribution in [0.3, 0.4) is 0 Å². The lowest BCUT2D eigenvalue weighted by Crippen LogP contribution is -2.01. The monoisotopic (exact) mass is 347 g/mol. The molecule has 1 heterocycles. The van der Waals surface area contributed by atoms with E-state index in [1.165, 1.54) is 49.8 Å². The van der Waals surface area contributed by atoms with Gasteiger partial charge in [0.15, 0.2) is 0 Å². The van der Waals surface area contributed by atoms with E-state index in [9.17, 15) is 0 Å². The standard InChI is InChI=1S/C17H22BrN3/c1-21-17(19)15(12-8-10-14(18)11-9-12)16(20-21)13-6-4-2-3-5-7-13/h8-11,13H,2-7,19H2,1H3. The summed E-state index contributed by atoms with van der Waals surface area (Å²) in [7, 11) is 1.94. The van der Waals surface area contributed by atoms with Crippen LogP contribution in [-0.2, 0) is 7.05 Å². The van der Waals surface area contributed by atoms with Gasteiger partial charge in [-0.05, 0) is 30.5 Å². The molecule has 3 rings (SSSR count). The number of anilines is 1. The van der Waals surface area contributed by atoms with Crippen molar-refractivity contribution in [2.75, 3.05) is 5.73 Å². The largest absolute Gasteiger partial charge is 0.383 e. The van der Waals surface area contributed by atoms with Gasteiger partial charge in [0.1, 0.15) is 5.82 Å². The minimum Gasteiger partial charge on any atom is -0.383 e. The summed E-state index contributed by atoms with van der Waals surface area (Å²) in [6, 6.07) is 8.38. The van der Waals surface area contributed by atoms with Crippen LogP contribution in [0.1, 0.15) is 50.1 Å². The summed E-state index contributed by atoms with van der Waals surface area (Å²) in [6.45, 7) is 0. The molecule has 3 nitrogen and oxygen atoms in total. The highest BCUT2D eigenvalue weighted by molar-refractivity contribution is 9.10. The molecule has 0 amide bonds. The topological polar surface area (TPSA) is 43.8 Å². The second-order valence-corrected chi connectivity index (χ2v) is 6.88. The summed E-state index contributed by atoms with van der Waals surface area (Å²) in [6.07, 6.45) is 7.79. The first kappa shape index (κ1) is 14.6. The van der Waals surface area contributed by atoms with Gasteiger partial charge in [-0.2, -0.15) is 5.10 Å². The predicted molar refractivity (Wildman–Crippen MR) is 91.2 cm³/mol. The van der Waals surface area contributed by atoms with E-state index in [4.69, 9.17) is 10.8 Å². The van der Waals surface area contributed by atoms with Gasteiger partial charge >= 0.3 is 0 Å². The van der Waals surface area contributed by atoms with Gasteiger partial charge in [-0.3, -0.25) is 4.68 Å². The molecule has 0 bridgehead atoms. The molecular formula is C17H22BrN3. The summed E-state index contributed by atoms with van der Waals surface area (Å²) in [4.78, 5) is 0. The molecule has 0 spiro atoms. The first-order valence-corrected chi connectivity index (χ1v) is 8.54. The highest BCUT2D eigenvalue weighted by Crippen LogP contribution is 2.39. The van der Waals surface area contributed by atoms with Gasteiger partial charge in [0, 0.05) is 23.0 Å². The highest BCUT2D eigenvalue weighted by atomic mass is 79.9. The molecule has 0 atom stereocenters. The van der Waals surface area contributed by atoms with Gasteiger partial charge in [-0.1, -0.05) is 53.7 Å². The summed E-state index contributed by atoms with van der Waals surface area (Å²) in [5.41, 5.74) is 9.81. The molecule has 0 radical (unpaired) electrons. The normalized spacial score (nSPS) is 16.9. The van der Waals surface area contributed by atoms with Crippen molar-refractivity contribution in [3.05, 3.63) is 34.4 Å². The molecule has 21 heavy (non-hydrogen) atoms. The third-order valence-electron chi connectivity index (χ3n) is 4.49. The van der Waals surface area contributed by atoms with Gasteiger partial charge < -0.3 is 5.73 Å². The number of nitrogen functional groups attached to an aromatic ring is 1. The molecule has 4 heteroatoms. The third-order valence-corrected chi connectivity index (χ3v) is 5.02. The van der Waals surface area contributed by atoms with Crippen LogP contribution in [0.2, 0.25) is 0 Å². The lowest BCUT2D eigenvalue weighted by molar-refractivity contribution is 0.567. The Hall–Kier alpha value is -1.29. The Morgan fingerprint density at radius 1 is 1.10 bits per heavy atom. The number of halogens is 1. The van der Waals surface area contributed by atoms with Gasteiger partial charge in [-0.15, -0.1) is 0 Å². The van der Waals surface area contributed by atoms with E-state index in [0.717, 1.165) is 15.9 Å². The fraction of sp³-hybridized carbons (Fsp3) is 0.471. The molecule has 1 saturated carbocycles. The molecule has 112 valence electrons. The smallest absolute Gasteiger partial charge is 0.129 e. The molecule has 1 aromatic carbocycles. The van der Waals surface area contributed by atoms with Crippen molar-refractivity contribution in [3.8, 4) is 11.1 Å². The Morgan fingerprint density at radius 3 is 2.33 bits per heavy atom. The van der Waals surface area contributed by atoms with Gasteiger partial charge in [0.25, 0.3) is 0 Å². The molecule has 0 aliphatic heterocycles. The lowest BCUT2D eigenvalue weighted by atomic mass is 9.91. The fourth-order valence-corrected chi connectivity index (χ4v) is 3.57. The fourth-order valence-electron chi connectivity index (χ4n) is 3.31. The molecule has 1 aromatic heterocycles. The number of aryl methyl sites for hydroxylation is 1. The van der Waals surface area contributed by atoms with E-state index in [1.807, 2.05) is 11.7 Å². The molecule has 1 aliphatic rings. The minimum absolute atomic E-state index is 0.551. The third kappa shape index (κ3) is 3.00. The maximum Gasteiger partial charge on any atom is 0.129 e. The Morgan fingerprint density at radius 2 is 1.71 bits per heavy atom. The molecule has 1 aliphatic carbocycles. The number of nitrogens with two attached hydrogens (primary N) is 1. The average molecular weight is 348 g/mol. The van der Waals surface area contributed by atoms with Crippen LogP contribution in [-0.4, -0.2) is 9.78 Å². The molecule has 2 N–H and O–H groups in total. The zero-order chi connectivity index (χ0) is 14.8. The van der Waals surface area contributed by atoms with Crippen molar-refractivity contribution in [1.82, 2.24) is 9.78 Å². The molecule has 2 aromatic rings. The average Bonchev–Trinajstić information content (AvgIpc) is 2.70. The Balaban J connectivity index is 2.04. The van der Waals surface area contributed by atoms with Crippen LogP contribution in [0, 0.1) is 0 Å². The maximum absolute atomic E-state index is 6.31. The first-order chi connectivity index (χ1) is 10.2. The summed E-state index contributed by atoms with van der Waals surface area (Å²) < 4.78 is 2.92. The van der Waals surface area contributed by atoms with Crippen molar-refractivity contribution in [2.24, 2.45) is 7.05 Å². The number of aromatic nitrogens is 2. The Bertz CT molecular complexity index is 608. The van der Waals surface area contributed by atoms with Crippen molar-refractivity contribution in [1.29, 1.82) is 0 Å². The van der Waals surface area contributed by atoms with Crippen LogP contribution in [0.4, 0.5) is 5.82 Å². The molecule has 1 fully saturated rings. The van der Waals surface area contributed by atoms with Crippen LogP contribution in [0.15, 0.2) is 28.7 Å². The summed E-state index contributed by atoms with van der Waals surface area (Å²) >= 11 is 3.50. The van der Waals surface area contributed by atoms with Gasteiger partial charge in [0.05, 0.1) is 5.69 Å². The van der Waals surface area contributed by atoms with Crippen molar-refractivity contribution < 1.29 is 0 Å². The van der Waals surface area contributed by atoms with Gasteiger partial charge in [-0.25, -0.2) is 0 Å². The van der Waals surface area contributed by atoms with Crippen molar-refractivity contribution in [2.45, 2.75) is 44.4 Å². The zero-order valence-corrected chi connectivity index (χ0v) is 14.1. The number of hydrogen-bond acceptors (Lipinski definition) is 2. The second-order valence-electron chi connectivity index (χ2n) is 5.96. The Labute approximate surface area is 134 Å². The quantitative estimate of drug-likeness (QED) is 0.787. The molecule has 0 unspecified atom stereocenters. The zero-order valence-electron chi connectivity index (χ0n) is 12.5.